The lowest BCUT2D eigenvalue weighted by molar-refractivity contribution is 0.130. The molecule has 1 aromatic rings. The van der Waals surface area contributed by atoms with Gasteiger partial charge in [0.25, 0.3) is 0 Å². The Balaban J connectivity index is 2.11. The molecule has 0 aliphatic heterocycles. The molecule has 1 aromatic carbocycles. The molecule has 126 valence electrons. The smallest absolute Gasteiger partial charge is 0.0548 e. The molecule has 0 aliphatic carbocycles. The summed E-state index contributed by atoms with van der Waals surface area (Å²) in [5.74, 6) is 1.45. The number of aliphatic hydroxyl groups is 1. The number of benzene rings is 1. The van der Waals surface area contributed by atoms with Crippen LogP contribution in [0.4, 0.5) is 0 Å². The van der Waals surface area contributed by atoms with Crippen LogP contribution in [0, 0.1) is 5.92 Å². The largest absolute Gasteiger partial charge is 0.393 e. The van der Waals surface area contributed by atoms with Crippen molar-refractivity contribution >= 4 is 11.8 Å². The van der Waals surface area contributed by atoms with E-state index in [-0.39, 0.29) is 6.10 Å². The number of hydrogen-bond donors (Lipinski definition) is 1. The molecule has 0 spiro atoms. The molecule has 0 amide bonds. The molecule has 0 heterocycles. The summed E-state index contributed by atoms with van der Waals surface area (Å²) in [6, 6.07) is 10.5. The summed E-state index contributed by atoms with van der Waals surface area (Å²) in [6.45, 7) is 4.21. The van der Waals surface area contributed by atoms with Gasteiger partial charge in [0.1, 0.15) is 0 Å². The Morgan fingerprint density at radius 1 is 0.909 bits per heavy atom. The van der Waals surface area contributed by atoms with Crippen LogP contribution >= 0.6 is 11.8 Å². The minimum atomic E-state index is -0.194. The summed E-state index contributed by atoms with van der Waals surface area (Å²) in [5.41, 5.74) is 0. The summed E-state index contributed by atoms with van der Waals surface area (Å²) < 4.78 is 0. The average Bonchev–Trinajstić information content (AvgIpc) is 2.53. The first-order valence-corrected chi connectivity index (χ1v) is 10.1. The molecule has 0 radical (unpaired) electrons. The zero-order valence-corrected chi connectivity index (χ0v) is 15.3. The summed E-state index contributed by atoms with van der Waals surface area (Å²) in [4.78, 5) is 1.31. The molecule has 1 rings (SSSR count). The van der Waals surface area contributed by atoms with Gasteiger partial charge < -0.3 is 5.11 Å². The third-order valence-electron chi connectivity index (χ3n) is 4.32. The van der Waals surface area contributed by atoms with E-state index in [1.165, 1.54) is 56.3 Å². The van der Waals surface area contributed by atoms with Crippen molar-refractivity contribution in [3.05, 3.63) is 30.3 Å². The Hall–Kier alpha value is -0.470. The van der Waals surface area contributed by atoms with Gasteiger partial charge in [0.05, 0.1) is 6.10 Å². The third kappa shape index (κ3) is 9.53. The van der Waals surface area contributed by atoms with E-state index in [1.807, 2.05) is 18.7 Å². The monoisotopic (exact) mass is 322 g/mol. The SMILES string of the molecule is CCCCCCCCCC[C@@H](CSc1ccccc1)[C@@H](C)O. The van der Waals surface area contributed by atoms with Crippen LogP contribution in [0.3, 0.4) is 0 Å². The number of hydrogen-bond acceptors (Lipinski definition) is 2. The van der Waals surface area contributed by atoms with Crippen molar-refractivity contribution in [3.8, 4) is 0 Å². The van der Waals surface area contributed by atoms with Crippen LogP contribution in [0.2, 0.25) is 0 Å². The van der Waals surface area contributed by atoms with Gasteiger partial charge in [-0.2, -0.15) is 0 Å². The molecule has 0 unspecified atom stereocenters. The van der Waals surface area contributed by atoms with E-state index in [0.29, 0.717) is 5.92 Å². The van der Waals surface area contributed by atoms with Crippen LogP contribution in [-0.2, 0) is 0 Å². The zero-order chi connectivity index (χ0) is 16.0. The maximum absolute atomic E-state index is 9.98. The van der Waals surface area contributed by atoms with Crippen molar-refractivity contribution in [1.29, 1.82) is 0 Å². The topological polar surface area (TPSA) is 20.2 Å². The van der Waals surface area contributed by atoms with Crippen LogP contribution in [0.15, 0.2) is 35.2 Å². The van der Waals surface area contributed by atoms with Crippen molar-refractivity contribution in [2.75, 3.05) is 5.75 Å². The van der Waals surface area contributed by atoms with Crippen molar-refractivity contribution < 1.29 is 5.11 Å². The Morgan fingerprint density at radius 3 is 2.09 bits per heavy atom. The minimum Gasteiger partial charge on any atom is -0.393 e. The Labute approximate surface area is 141 Å². The van der Waals surface area contributed by atoms with Gasteiger partial charge in [0, 0.05) is 10.6 Å². The van der Waals surface area contributed by atoms with E-state index < -0.39 is 0 Å². The quantitative estimate of drug-likeness (QED) is 0.339. The van der Waals surface area contributed by atoms with Crippen molar-refractivity contribution in [3.63, 3.8) is 0 Å². The van der Waals surface area contributed by atoms with Crippen molar-refractivity contribution in [1.82, 2.24) is 0 Å². The van der Waals surface area contributed by atoms with E-state index in [4.69, 9.17) is 0 Å². The fourth-order valence-corrected chi connectivity index (χ4v) is 3.93. The Kier molecular flexibility index (Phi) is 11.6. The second-order valence-electron chi connectivity index (χ2n) is 6.39. The van der Waals surface area contributed by atoms with Gasteiger partial charge in [-0.25, -0.2) is 0 Å². The first kappa shape index (κ1) is 19.6. The standard InChI is InChI=1S/C20H34OS/c1-3-4-5-6-7-8-9-11-14-19(18(2)21)17-22-20-15-12-10-13-16-20/h10,12-13,15-16,18-19,21H,3-9,11,14,17H2,1-2H3/t18-,19+/m1/s1. The zero-order valence-electron chi connectivity index (χ0n) is 14.5. The molecule has 0 aromatic heterocycles. The molecular formula is C20H34OS. The molecule has 2 heteroatoms. The molecule has 0 saturated carbocycles. The summed E-state index contributed by atoms with van der Waals surface area (Å²) >= 11 is 1.87. The lowest BCUT2D eigenvalue weighted by Crippen LogP contribution is -2.19. The molecule has 0 saturated heterocycles. The van der Waals surface area contributed by atoms with Crippen molar-refractivity contribution in [2.45, 2.75) is 82.6 Å². The molecule has 0 aliphatic rings. The van der Waals surface area contributed by atoms with Crippen LogP contribution in [0.5, 0.6) is 0 Å². The molecule has 0 bridgehead atoms. The first-order chi connectivity index (χ1) is 10.7. The van der Waals surface area contributed by atoms with E-state index in [0.717, 1.165) is 12.2 Å². The average molecular weight is 323 g/mol. The molecular weight excluding hydrogens is 288 g/mol. The Bertz CT molecular complexity index is 350. The lowest BCUT2D eigenvalue weighted by Gasteiger charge is -2.19. The molecule has 1 N–H and O–H groups in total. The molecule has 22 heavy (non-hydrogen) atoms. The van der Waals surface area contributed by atoms with E-state index in [1.54, 1.807) is 0 Å². The van der Waals surface area contributed by atoms with Crippen LogP contribution in [0.25, 0.3) is 0 Å². The van der Waals surface area contributed by atoms with Gasteiger partial charge >= 0.3 is 0 Å². The Morgan fingerprint density at radius 2 is 1.50 bits per heavy atom. The maximum atomic E-state index is 9.98. The summed E-state index contributed by atoms with van der Waals surface area (Å²) in [6.07, 6.45) is 11.8. The number of unbranched alkanes of at least 4 members (excludes halogenated alkanes) is 7. The molecule has 0 fully saturated rings. The predicted molar refractivity (Wildman–Crippen MR) is 99.6 cm³/mol. The lowest BCUT2D eigenvalue weighted by atomic mass is 9.97. The summed E-state index contributed by atoms with van der Waals surface area (Å²) in [7, 11) is 0. The fourth-order valence-electron chi connectivity index (χ4n) is 2.72. The van der Waals surface area contributed by atoms with Crippen LogP contribution in [-0.4, -0.2) is 17.0 Å². The van der Waals surface area contributed by atoms with Crippen LogP contribution in [0.1, 0.15) is 71.6 Å². The van der Waals surface area contributed by atoms with Gasteiger partial charge in [0.2, 0.25) is 0 Å². The van der Waals surface area contributed by atoms with E-state index in [9.17, 15) is 5.11 Å². The van der Waals surface area contributed by atoms with Crippen molar-refractivity contribution in [2.24, 2.45) is 5.92 Å². The second kappa shape index (κ2) is 13.0. The third-order valence-corrected chi connectivity index (χ3v) is 5.52. The molecule has 1 nitrogen and oxygen atoms in total. The van der Waals surface area contributed by atoms with Gasteiger partial charge in [-0.15, -0.1) is 11.8 Å². The van der Waals surface area contributed by atoms with Gasteiger partial charge in [-0.05, 0) is 31.4 Å². The van der Waals surface area contributed by atoms with Crippen LogP contribution < -0.4 is 0 Å². The predicted octanol–water partition coefficient (Wildman–Crippen LogP) is 6.31. The second-order valence-corrected chi connectivity index (χ2v) is 7.48. The number of aliphatic hydroxyl groups excluding tert-OH is 1. The normalized spacial score (nSPS) is 14.0. The van der Waals surface area contributed by atoms with Gasteiger partial charge in [-0.3, -0.25) is 0 Å². The van der Waals surface area contributed by atoms with E-state index in [2.05, 4.69) is 37.3 Å². The highest BCUT2D eigenvalue weighted by Gasteiger charge is 2.14. The minimum absolute atomic E-state index is 0.194. The molecule has 2 atom stereocenters. The summed E-state index contributed by atoms with van der Waals surface area (Å²) in [5, 5.41) is 9.98. The van der Waals surface area contributed by atoms with Gasteiger partial charge in [-0.1, -0.05) is 76.5 Å². The fraction of sp³-hybridized carbons (Fsp3) is 0.700. The number of rotatable bonds is 13. The highest BCUT2D eigenvalue weighted by Crippen LogP contribution is 2.25. The van der Waals surface area contributed by atoms with Gasteiger partial charge in [0.15, 0.2) is 0 Å². The van der Waals surface area contributed by atoms with E-state index >= 15 is 0 Å². The highest BCUT2D eigenvalue weighted by molar-refractivity contribution is 7.99. The maximum Gasteiger partial charge on any atom is 0.0548 e. The number of thioether (sulfide) groups is 1. The first-order valence-electron chi connectivity index (χ1n) is 9.10. The highest BCUT2D eigenvalue weighted by atomic mass is 32.2.